The number of hydrogen-bond acceptors (Lipinski definition) is 4. The Balaban J connectivity index is 2.05. The first kappa shape index (κ1) is 14.1. The number of carbonyl (C=O) groups is 1. The molecule has 0 bridgehead atoms. The Morgan fingerprint density at radius 3 is 3.00 bits per heavy atom. The molecule has 3 aromatic rings. The van der Waals surface area contributed by atoms with E-state index in [9.17, 15) is 4.79 Å². The molecule has 21 heavy (non-hydrogen) atoms. The number of rotatable bonds is 4. The molecule has 108 valence electrons. The minimum Gasteiger partial charge on any atom is -0.497 e. The lowest BCUT2D eigenvalue weighted by molar-refractivity contribution is -0.136. The molecule has 2 aromatic heterocycles. The molecule has 0 aliphatic rings. The molecular weight excluding hydrogens is 356 g/mol. The van der Waals surface area contributed by atoms with Crippen molar-refractivity contribution < 1.29 is 14.6 Å². The number of carboxylic acid groups (broad SMARTS) is 1. The first-order chi connectivity index (χ1) is 10.1. The number of carboxylic acids is 1. The van der Waals surface area contributed by atoms with Gasteiger partial charge in [0.1, 0.15) is 5.75 Å². The molecular formula is C14H11BrN2O3S. The van der Waals surface area contributed by atoms with Gasteiger partial charge in [-0.3, -0.25) is 9.20 Å². The molecule has 1 N–H and O–H groups in total. The maximum absolute atomic E-state index is 10.9. The van der Waals surface area contributed by atoms with E-state index in [1.807, 2.05) is 34.2 Å². The molecule has 0 unspecified atom stereocenters. The molecule has 0 aliphatic carbocycles. The van der Waals surface area contributed by atoms with Crippen molar-refractivity contribution >= 4 is 38.2 Å². The quantitative estimate of drug-likeness (QED) is 0.767. The van der Waals surface area contributed by atoms with Crippen LogP contribution in [-0.2, 0) is 11.2 Å². The summed E-state index contributed by atoms with van der Waals surface area (Å²) in [6.07, 6.45) is 1.84. The zero-order chi connectivity index (χ0) is 15.0. The number of imidazole rings is 1. The molecule has 0 saturated heterocycles. The Labute approximate surface area is 132 Å². The lowest BCUT2D eigenvalue weighted by Crippen LogP contribution is -2.02. The van der Waals surface area contributed by atoms with Gasteiger partial charge >= 0.3 is 5.97 Å². The summed E-state index contributed by atoms with van der Waals surface area (Å²) in [6.45, 7) is 0. The molecule has 0 fully saturated rings. The van der Waals surface area contributed by atoms with Crippen molar-refractivity contribution in [3.05, 3.63) is 39.9 Å². The van der Waals surface area contributed by atoms with Gasteiger partial charge < -0.3 is 9.84 Å². The normalized spacial score (nSPS) is 11.0. The second kappa shape index (κ2) is 5.50. The van der Waals surface area contributed by atoms with Crippen LogP contribution in [0, 0.1) is 0 Å². The fourth-order valence-electron chi connectivity index (χ4n) is 2.07. The van der Waals surface area contributed by atoms with Crippen molar-refractivity contribution in [1.82, 2.24) is 9.38 Å². The molecule has 0 amide bonds. The van der Waals surface area contributed by atoms with E-state index in [1.54, 1.807) is 7.11 Å². The molecule has 7 heteroatoms. The number of hydrogen-bond donors (Lipinski definition) is 1. The van der Waals surface area contributed by atoms with Crippen LogP contribution >= 0.6 is 27.3 Å². The minimum atomic E-state index is -0.851. The van der Waals surface area contributed by atoms with Gasteiger partial charge in [-0.15, -0.1) is 11.3 Å². The average molecular weight is 367 g/mol. The number of methoxy groups -OCH3 is 1. The lowest BCUT2D eigenvalue weighted by atomic mass is 10.1. The summed E-state index contributed by atoms with van der Waals surface area (Å²) in [6, 6.07) is 5.67. The zero-order valence-electron chi connectivity index (χ0n) is 11.0. The molecule has 0 radical (unpaired) electrons. The van der Waals surface area contributed by atoms with E-state index in [4.69, 9.17) is 9.84 Å². The topological polar surface area (TPSA) is 63.8 Å². The molecule has 2 heterocycles. The zero-order valence-corrected chi connectivity index (χ0v) is 13.4. The molecule has 1 aromatic carbocycles. The van der Waals surface area contributed by atoms with Gasteiger partial charge in [0.2, 0.25) is 0 Å². The Morgan fingerprint density at radius 2 is 2.33 bits per heavy atom. The summed E-state index contributed by atoms with van der Waals surface area (Å²) < 4.78 is 7.88. The summed E-state index contributed by atoms with van der Waals surface area (Å²) in [5.74, 6) is -0.0891. The summed E-state index contributed by atoms with van der Waals surface area (Å²) in [5, 5.41) is 10.7. The Bertz CT molecular complexity index is 825. The molecule has 0 aliphatic heterocycles. The van der Waals surface area contributed by atoms with Crippen LogP contribution in [0.5, 0.6) is 5.75 Å². The van der Waals surface area contributed by atoms with Gasteiger partial charge in [-0.2, -0.15) is 0 Å². The van der Waals surface area contributed by atoms with E-state index in [0.29, 0.717) is 0 Å². The summed E-state index contributed by atoms with van der Waals surface area (Å²) in [5.41, 5.74) is 2.46. The van der Waals surface area contributed by atoms with Crippen molar-refractivity contribution in [2.45, 2.75) is 6.42 Å². The number of ether oxygens (including phenoxy) is 1. The second-order valence-electron chi connectivity index (χ2n) is 4.42. The molecule has 0 saturated carbocycles. The van der Waals surface area contributed by atoms with Gasteiger partial charge in [0.25, 0.3) is 0 Å². The van der Waals surface area contributed by atoms with Crippen LogP contribution in [0.1, 0.15) is 5.69 Å². The maximum Gasteiger partial charge on any atom is 0.309 e. The Morgan fingerprint density at radius 1 is 1.52 bits per heavy atom. The first-order valence-electron chi connectivity index (χ1n) is 6.09. The molecule has 5 nitrogen and oxygen atoms in total. The Hall–Kier alpha value is -1.86. The van der Waals surface area contributed by atoms with Crippen LogP contribution in [0.2, 0.25) is 0 Å². The van der Waals surface area contributed by atoms with Crippen LogP contribution in [0.3, 0.4) is 0 Å². The highest BCUT2D eigenvalue weighted by atomic mass is 79.9. The summed E-state index contributed by atoms with van der Waals surface area (Å²) in [7, 11) is 1.62. The van der Waals surface area contributed by atoms with Gasteiger partial charge in [-0.1, -0.05) is 0 Å². The van der Waals surface area contributed by atoms with E-state index in [1.165, 1.54) is 11.3 Å². The first-order valence-corrected chi connectivity index (χ1v) is 7.77. The predicted octanol–water partition coefficient (Wildman–Crippen LogP) is 3.46. The second-order valence-corrected chi connectivity index (χ2v) is 6.11. The summed E-state index contributed by atoms with van der Waals surface area (Å²) >= 11 is 4.94. The fraction of sp³-hybridized carbons (Fsp3) is 0.143. The highest BCUT2D eigenvalue weighted by Crippen LogP contribution is 2.32. The van der Waals surface area contributed by atoms with Crippen molar-refractivity contribution in [3.8, 4) is 17.0 Å². The van der Waals surface area contributed by atoms with Gasteiger partial charge in [-0.05, 0) is 34.1 Å². The number of thiazole rings is 1. The third-order valence-corrected chi connectivity index (χ3v) is 4.61. The number of fused-ring (bicyclic) bond motifs is 1. The lowest BCUT2D eigenvalue weighted by Gasteiger charge is -2.04. The highest BCUT2D eigenvalue weighted by Gasteiger charge is 2.13. The van der Waals surface area contributed by atoms with E-state index < -0.39 is 5.97 Å². The largest absolute Gasteiger partial charge is 0.497 e. The van der Waals surface area contributed by atoms with Crippen LogP contribution < -0.4 is 4.74 Å². The van der Waals surface area contributed by atoms with E-state index in [0.717, 1.165) is 32.1 Å². The van der Waals surface area contributed by atoms with Crippen molar-refractivity contribution in [3.63, 3.8) is 0 Å². The maximum atomic E-state index is 10.9. The fourth-order valence-corrected chi connectivity index (χ4v) is 3.51. The molecule has 0 atom stereocenters. The van der Waals surface area contributed by atoms with Gasteiger partial charge in [-0.25, -0.2) is 4.98 Å². The summed E-state index contributed by atoms with van der Waals surface area (Å²) in [4.78, 5) is 16.2. The smallest absolute Gasteiger partial charge is 0.309 e. The van der Waals surface area contributed by atoms with E-state index >= 15 is 0 Å². The Kier molecular flexibility index (Phi) is 3.69. The number of halogens is 1. The number of aliphatic carboxylic acids is 1. The van der Waals surface area contributed by atoms with Crippen LogP contribution in [0.4, 0.5) is 0 Å². The molecule has 0 spiro atoms. The third kappa shape index (κ3) is 2.66. The van der Waals surface area contributed by atoms with Gasteiger partial charge in [0, 0.05) is 27.3 Å². The van der Waals surface area contributed by atoms with Crippen LogP contribution in [0.25, 0.3) is 16.2 Å². The van der Waals surface area contributed by atoms with E-state index in [2.05, 4.69) is 20.9 Å². The predicted molar refractivity (Wildman–Crippen MR) is 84.1 cm³/mol. The number of aromatic nitrogens is 2. The number of nitrogens with zero attached hydrogens (tertiary/aromatic N) is 2. The van der Waals surface area contributed by atoms with Crippen molar-refractivity contribution in [2.75, 3.05) is 7.11 Å². The van der Waals surface area contributed by atoms with Crippen molar-refractivity contribution in [1.29, 1.82) is 0 Å². The highest BCUT2D eigenvalue weighted by molar-refractivity contribution is 9.10. The van der Waals surface area contributed by atoms with Crippen molar-refractivity contribution in [2.24, 2.45) is 0 Å². The average Bonchev–Trinajstić information content (AvgIpc) is 3.00. The van der Waals surface area contributed by atoms with Crippen LogP contribution in [-0.4, -0.2) is 27.6 Å². The van der Waals surface area contributed by atoms with Crippen LogP contribution in [0.15, 0.2) is 34.2 Å². The van der Waals surface area contributed by atoms with E-state index in [-0.39, 0.29) is 6.42 Å². The third-order valence-electron chi connectivity index (χ3n) is 3.07. The monoisotopic (exact) mass is 366 g/mol. The minimum absolute atomic E-state index is 0.0143. The number of benzene rings is 1. The standard InChI is InChI=1S/C14H11BrN2O3S/c1-20-9-2-3-10(11(15)5-9)12-6-17-8(4-13(18)19)7-21-14(17)16-12/h2-3,5-7H,4H2,1H3,(H,18,19). The SMILES string of the molecule is COc1ccc(-c2cn3c(CC(=O)O)csc3n2)c(Br)c1. The van der Waals surface area contributed by atoms with Gasteiger partial charge in [0.15, 0.2) is 4.96 Å². The molecule has 3 rings (SSSR count). The van der Waals surface area contributed by atoms with Gasteiger partial charge in [0.05, 0.1) is 19.2 Å².